The van der Waals surface area contributed by atoms with Crippen molar-refractivity contribution in [1.82, 2.24) is 10.2 Å². The summed E-state index contributed by atoms with van der Waals surface area (Å²) >= 11 is 5.10. The van der Waals surface area contributed by atoms with Crippen molar-refractivity contribution in [2.75, 3.05) is 0 Å². The molecule has 0 bridgehead atoms. The maximum absolute atomic E-state index is 12.8. The van der Waals surface area contributed by atoms with Crippen molar-refractivity contribution in [2.24, 2.45) is 5.92 Å². The molecule has 0 aromatic carbocycles. The molecule has 2 atom stereocenters. The molecular formula is C15H21BrN2O2S. The van der Waals surface area contributed by atoms with Gasteiger partial charge in [0.25, 0.3) is 0 Å². The molecule has 2 amide bonds. The highest BCUT2D eigenvalue weighted by molar-refractivity contribution is 9.10. The van der Waals surface area contributed by atoms with E-state index in [1.54, 1.807) is 30.1 Å². The summed E-state index contributed by atoms with van der Waals surface area (Å²) in [4.78, 5) is 28.0. The second kappa shape index (κ2) is 6.08. The van der Waals surface area contributed by atoms with Crippen molar-refractivity contribution in [3.63, 3.8) is 0 Å². The molecule has 1 N–H and O–H groups in total. The van der Waals surface area contributed by atoms with Crippen molar-refractivity contribution in [2.45, 2.75) is 52.2 Å². The van der Waals surface area contributed by atoms with Crippen LogP contribution in [0.3, 0.4) is 0 Å². The molecule has 116 valence electrons. The molecule has 2 unspecified atom stereocenters. The molecule has 4 nitrogen and oxygen atoms in total. The summed E-state index contributed by atoms with van der Waals surface area (Å²) in [6, 6.07) is 1.57. The Morgan fingerprint density at radius 2 is 2.14 bits per heavy atom. The van der Waals surface area contributed by atoms with Gasteiger partial charge >= 0.3 is 0 Å². The molecule has 1 aromatic rings. The van der Waals surface area contributed by atoms with Crippen molar-refractivity contribution in [3.05, 3.63) is 20.8 Å². The van der Waals surface area contributed by atoms with E-state index in [2.05, 4.69) is 21.2 Å². The Bertz CT molecular complexity index is 556. The summed E-state index contributed by atoms with van der Waals surface area (Å²) in [5.74, 6) is 0.0538. The van der Waals surface area contributed by atoms with E-state index in [-0.39, 0.29) is 17.7 Å². The zero-order valence-corrected chi connectivity index (χ0v) is 15.2. The van der Waals surface area contributed by atoms with E-state index in [0.717, 1.165) is 15.8 Å². The zero-order chi connectivity index (χ0) is 15.8. The quantitative estimate of drug-likeness (QED) is 0.882. The predicted molar refractivity (Wildman–Crippen MR) is 88.0 cm³/mol. The van der Waals surface area contributed by atoms with Gasteiger partial charge in [-0.25, -0.2) is 0 Å². The van der Waals surface area contributed by atoms with Crippen molar-refractivity contribution < 1.29 is 9.59 Å². The number of carbonyl (C=O) groups is 2. The van der Waals surface area contributed by atoms with E-state index < -0.39 is 11.6 Å². The first kappa shape index (κ1) is 16.5. The van der Waals surface area contributed by atoms with Crippen LogP contribution in [0.1, 0.15) is 39.0 Å². The lowest BCUT2D eigenvalue weighted by Crippen LogP contribution is -2.69. The van der Waals surface area contributed by atoms with Gasteiger partial charge in [0, 0.05) is 9.35 Å². The Kier molecular flexibility index (Phi) is 4.78. The third kappa shape index (κ3) is 3.16. The molecular weight excluding hydrogens is 352 g/mol. The van der Waals surface area contributed by atoms with Crippen LogP contribution in [-0.4, -0.2) is 28.3 Å². The minimum atomic E-state index is -0.842. The van der Waals surface area contributed by atoms with Crippen molar-refractivity contribution in [3.8, 4) is 0 Å². The van der Waals surface area contributed by atoms with E-state index in [0.29, 0.717) is 6.54 Å². The number of hydrogen-bond acceptors (Lipinski definition) is 3. The highest BCUT2D eigenvalue weighted by Gasteiger charge is 2.46. The first-order chi connectivity index (χ1) is 9.77. The fraction of sp³-hybridized carbons (Fsp3) is 0.600. The molecule has 1 aliphatic heterocycles. The maximum atomic E-state index is 12.8. The van der Waals surface area contributed by atoms with Crippen LogP contribution >= 0.6 is 27.3 Å². The molecule has 0 radical (unpaired) electrons. The molecule has 21 heavy (non-hydrogen) atoms. The fourth-order valence-electron chi connectivity index (χ4n) is 2.61. The van der Waals surface area contributed by atoms with Gasteiger partial charge < -0.3 is 10.2 Å². The highest BCUT2D eigenvalue weighted by atomic mass is 79.9. The van der Waals surface area contributed by atoms with E-state index >= 15 is 0 Å². The summed E-state index contributed by atoms with van der Waals surface area (Å²) in [7, 11) is 0. The number of halogens is 1. The zero-order valence-electron chi connectivity index (χ0n) is 12.8. The van der Waals surface area contributed by atoms with Crippen LogP contribution < -0.4 is 5.32 Å². The van der Waals surface area contributed by atoms with E-state index in [4.69, 9.17) is 0 Å². The minimum Gasteiger partial charge on any atom is -0.340 e. The van der Waals surface area contributed by atoms with Gasteiger partial charge in [0.1, 0.15) is 11.6 Å². The number of thiophene rings is 1. The second-order valence-corrected chi connectivity index (χ2v) is 7.92. The summed E-state index contributed by atoms with van der Waals surface area (Å²) in [6.07, 6.45) is 0.855. The molecule has 2 rings (SSSR count). The number of rotatable bonds is 4. The van der Waals surface area contributed by atoms with Crippen LogP contribution in [-0.2, 0) is 16.1 Å². The molecule has 6 heteroatoms. The first-order valence-corrected chi connectivity index (χ1v) is 8.80. The first-order valence-electron chi connectivity index (χ1n) is 7.13. The molecule has 1 saturated heterocycles. The van der Waals surface area contributed by atoms with Crippen LogP contribution in [0.4, 0.5) is 0 Å². The number of piperazine rings is 1. The number of carbonyl (C=O) groups excluding carboxylic acids is 2. The molecule has 0 saturated carbocycles. The van der Waals surface area contributed by atoms with Gasteiger partial charge in [0.2, 0.25) is 11.8 Å². The van der Waals surface area contributed by atoms with E-state index in [9.17, 15) is 9.59 Å². The van der Waals surface area contributed by atoms with Gasteiger partial charge in [-0.3, -0.25) is 9.59 Å². The van der Waals surface area contributed by atoms with Crippen molar-refractivity contribution >= 4 is 39.1 Å². The Balaban J connectivity index is 2.36. The Morgan fingerprint density at radius 1 is 1.48 bits per heavy atom. The number of nitrogens with zero attached hydrogens (tertiary/aromatic N) is 1. The third-order valence-electron chi connectivity index (χ3n) is 4.02. The Labute approximate surface area is 138 Å². The summed E-state index contributed by atoms with van der Waals surface area (Å²) in [5.41, 5.74) is -0.842. The van der Waals surface area contributed by atoms with Gasteiger partial charge in [-0.2, -0.15) is 0 Å². The van der Waals surface area contributed by atoms with Crippen LogP contribution in [0.15, 0.2) is 15.9 Å². The monoisotopic (exact) mass is 372 g/mol. The normalized spacial score (nSPS) is 23.1. The number of hydrogen-bond donors (Lipinski definition) is 1. The van der Waals surface area contributed by atoms with E-state index in [1.807, 2.05) is 25.3 Å². The molecule has 1 aliphatic rings. The second-order valence-electron chi connectivity index (χ2n) is 6.07. The lowest BCUT2D eigenvalue weighted by molar-refractivity contribution is -0.156. The summed E-state index contributed by atoms with van der Waals surface area (Å²) < 4.78 is 0.993. The molecule has 0 spiro atoms. The molecule has 0 aliphatic carbocycles. The van der Waals surface area contributed by atoms with E-state index in [1.165, 1.54) is 0 Å². The molecule has 1 aromatic heterocycles. The lowest BCUT2D eigenvalue weighted by Gasteiger charge is -2.44. The van der Waals surface area contributed by atoms with Crippen LogP contribution in [0.2, 0.25) is 0 Å². The van der Waals surface area contributed by atoms with Crippen molar-refractivity contribution in [1.29, 1.82) is 0 Å². The maximum Gasteiger partial charge on any atom is 0.248 e. The molecule has 2 heterocycles. The van der Waals surface area contributed by atoms with Crippen LogP contribution in [0.25, 0.3) is 0 Å². The van der Waals surface area contributed by atoms with Crippen LogP contribution in [0, 0.1) is 5.92 Å². The number of amides is 2. The van der Waals surface area contributed by atoms with Gasteiger partial charge in [0.05, 0.1) is 6.54 Å². The fourth-order valence-corrected chi connectivity index (χ4v) is 4.09. The average molecular weight is 373 g/mol. The summed E-state index contributed by atoms with van der Waals surface area (Å²) in [5, 5.41) is 4.84. The lowest BCUT2D eigenvalue weighted by atomic mass is 9.89. The predicted octanol–water partition coefficient (Wildman–Crippen LogP) is 3.16. The van der Waals surface area contributed by atoms with Gasteiger partial charge in [-0.1, -0.05) is 20.3 Å². The largest absolute Gasteiger partial charge is 0.340 e. The standard InChI is InChI=1S/C15H21BrN2O2S/c1-5-9(2)12-13(19)17-15(3,4)14(20)18(12)8-11-10(16)6-7-21-11/h6-7,9,12H,5,8H2,1-4H3,(H,17,19). The topological polar surface area (TPSA) is 49.4 Å². The average Bonchev–Trinajstić information content (AvgIpc) is 2.80. The number of nitrogens with one attached hydrogen (secondary N) is 1. The summed E-state index contributed by atoms with van der Waals surface area (Å²) in [6.45, 7) is 8.06. The molecule has 1 fully saturated rings. The van der Waals surface area contributed by atoms with Crippen LogP contribution in [0.5, 0.6) is 0 Å². The smallest absolute Gasteiger partial charge is 0.248 e. The SMILES string of the molecule is CCC(C)C1C(=O)NC(C)(C)C(=O)N1Cc1sccc1Br. The Morgan fingerprint density at radius 3 is 2.67 bits per heavy atom. The minimum absolute atomic E-state index is 0.0206. The highest BCUT2D eigenvalue weighted by Crippen LogP contribution is 2.30. The van der Waals surface area contributed by atoms with Gasteiger partial charge in [-0.15, -0.1) is 11.3 Å². The Hall–Kier alpha value is -0.880. The third-order valence-corrected chi connectivity index (χ3v) is 5.93. The van der Waals surface area contributed by atoms with Gasteiger partial charge in [0.15, 0.2) is 0 Å². The van der Waals surface area contributed by atoms with Gasteiger partial charge in [-0.05, 0) is 47.1 Å².